The molecule has 0 saturated heterocycles. The molecule has 3 rings (SSSR count). The van der Waals surface area contributed by atoms with Crippen LogP contribution in [0.4, 0.5) is 13.2 Å². The molecule has 3 N–H and O–H groups in total. The monoisotopic (exact) mass is 419 g/mol. The van der Waals surface area contributed by atoms with E-state index in [1.807, 2.05) is 5.38 Å². The Balaban J connectivity index is 0.00000261. The summed E-state index contributed by atoms with van der Waals surface area (Å²) in [6, 6.07) is 4.92. The number of hydrogen-bond donors (Lipinski definition) is 2. The van der Waals surface area contributed by atoms with Crippen LogP contribution >= 0.6 is 23.7 Å². The molecule has 1 heterocycles. The Bertz CT molecular complexity index is 764. The van der Waals surface area contributed by atoms with Crippen LogP contribution in [0.5, 0.6) is 0 Å². The number of aromatic nitrogens is 1. The summed E-state index contributed by atoms with van der Waals surface area (Å²) in [6.07, 6.45) is -1.47. The van der Waals surface area contributed by atoms with E-state index in [0.717, 1.165) is 31.4 Å². The predicted molar refractivity (Wildman–Crippen MR) is 102 cm³/mol. The zero-order valence-corrected chi connectivity index (χ0v) is 16.1. The minimum atomic E-state index is -4.35. The summed E-state index contributed by atoms with van der Waals surface area (Å²) in [5.41, 5.74) is 6.35. The van der Waals surface area contributed by atoms with Crippen LogP contribution in [-0.4, -0.2) is 17.4 Å². The number of rotatable bonds is 5. The topological polar surface area (TPSA) is 68.0 Å². The number of nitrogens with two attached hydrogens (primary N) is 1. The Hall–Kier alpha value is -1.64. The number of halogens is 4. The highest BCUT2D eigenvalue weighted by molar-refractivity contribution is 7.13. The molecule has 2 aromatic rings. The maximum atomic E-state index is 12.6. The molecule has 0 bridgehead atoms. The van der Waals surface area contributed by atoms with Crippen molar-refractivity contribution in [3.8, 4) is 10.6 Å². The fourth-order valence-electron chi connectivity index (χ4n) is 3.30. The lowest BCUT2D eigenvalue weighted by atomic mass is 9.95. The normalized spacial score (nSPS) is 19.6. The number of benzene rings is 1. The second-order valence-electron chi connectivity index (χ2n) is 6.47. The van der Waals surface area contributed by atoms with Crippen LogP contribution in [0, 0.1) is 11.8 Å². The molecule has 148 valence electrons. The van der Waals surface area contributed by atoms with Gasteiger partial charge in [0, 0.05) is 16.9 Å². The minimum Gasteiger partial charge on any atom is -0.350 e. The van der Waals surface area contributed by atoms with Crippen molar-refractivity contribution in [1.82, 2.24) is 10.3 Å². The Morgan fingerprint density at radius 2 is 1.96 bits per heavy atom. The Kier molecular flexibility index (Phi) is 7.25. The molecule has 1 aliphatic rings. The fraction of sp³-hybridized carbons (Fsp3) is 0.444. The number of alkyl halides is 3. The molecule has 0 unspecified atom stereocenters. The zero-order valence-electron chi connectivity index (χ0n) is 14.5. The Morgan fingerprint density at radius 1 is 1.26 bits per heavy atom. The molecular weight excluding hydrogens is 399 g/mol. The molecule has 0 spiro atoms. The summed E-state index contributed by atoms with van der Waals surface area (Å²) in [6.45, 7) is 0.830. The van der Waals surface area contributed by atoms with Gasteiger partial charge in [-0.3, -0.25) is 4.79 Å². The third-order valence-electron chi connectivity index (χ3n) is 4.75. The maximum absolute atomic E-state index is 12.6. The van der Waals surface area contributed by atoms with E-state index >= 15 is 0 Å². The third kappa shape index (κ3) is 5.21. The average molecular weight is 420 g/mol. The number of carbonyl (C=O) groups is 1. The maximum Gasteiger partial charge on any atom is 0.416 e. The van der Waals surface area contributed by atoms with Crippen molar-refractivity contribution in [2.75, 3.05) is 6.54 Å². The first-order chi connectivity index (χ1) is 12.4. The molecule has 9 heteroatoms. The average Bonchev–Trinajstić information content (AvgIpc) is 3.28. The van der Waals surface area contributed by atoms with Crippen molar-refractivity contribution in [2.45, 2.75) is 32.0 Å². The van der Waals surface area contributed by atoms with Gasteiger partial charge in [-0.15, -0.1) is 23.7 Å². The van der Waals surface area contributed by atoms with Crippen LogP contribution in [0.2, 0.25) is 0 Å². The highest BCUT2D eigenvalue weighted by Gasteiger charge is 2.32. The van der Waals surface area contributed by atoms with Crippen LogP contribution in [0.25, 0.3) is 10.6 Å². The molecule has 1 aliphatic carbocycles. The van der Waals surface area contributed by atoms with Crippen LogP contribution in [-0.2, 0) is 17.5 Å². The lowest BCUT2D eigenvalue weighted by Gasteiger charge is -2.16. The quantitative estimate of drug-likeness (QED) is 0.761. The molecular formula is C18H21ClF3N3OS. The highest BCUT2D eigenvalue weighted by Crippen LogP contribution is 2.32. The largest absolute Gasteiger partial charge is 0.416 e. The molecule has 27 heavy (non-hydrogen) atoms. The molecule has 0 radical (unpaired) electrons. The number of carbonyl (C=O) groups excluding carboxylic acids is 1. The molecule has 4 nitrogen and oxygen atoms in total. The standard InChI is InChI=1S/C18H20F3N3OS.ClH/c19-18(20,21)13-6-4-11(5-7-13)17-24-14(10-26-17)9-23-16(25)15-3-1-2-12(15)8-22;/h4-7,10,12,15H,1-3,8-9,22H2,(H,23,25);1H/t12-,15-;/m1./s1. The molecule has 1 amide bonds. The molecule has 0 aliphatic heterocycles. The van der Waals surface area contributed by atoms with Crippen molar-refractivity contribution in [3.63, 3.8) is 0 Å². The molecule has 1 saturated carbocycles. The van der Waals surface area contributed by atoms with Gasteiger partial charge < -0.3 is 11.1 Å². The van der Waals surface area contributed by atoms with Crippen molar-refractivity contribution in [3.05, 3.63) is 40.9 Å². The third-order valence-corrected chi connectivity index (χ3v) is 5.69. The molecule has 1 aromatic carbocycles. The summed E-state index contributed by atoms with van der Waals surface area (Å²) >= 11 is 1.34. The number of hydrogen-bond acceptors (Lipinski definition) is 4. The number of thiazole rings is 1. The fourth-order valence-corrected chi connectivity index (χ4v) is 4.12. The second-order valence-corrected chi connectivity index (χ2v) is 7.33. The van der Waals surface area contributed by atoms with E-state index in [2.05, 4.69) is 10.3 Å². The number of nitrogens with zero attached hydrogens (tertiary/aromatic N) is 1. The summed E-state index contributed by atoms with van der Waals surface area (Å²) in [7, 11) is 0. The van der Waals surface area contributed by atoms with Gasteiger partial charge in [0.1, 0.15) is 5.01 Å². The summed E-state index contributed by atoms with van der Waals surface area (Å²) < 4.78 is 37.9. The van der Waals surface area contributed by atoms with Crippen molar-refractivity contribution < 1.29 is 18.0 Å². The Labute approximate surface area is 165 Å². The summed E-state index contributed by atoms with van der Waals surface area (Å²) in [5.74, 6) is 0.211. The summed E-state index contributed by atoms with van der Waals surface area (Å²) in [5, 5.41) is 5.34. The zero-order chi connectivity index (χ0) is 18.7. The van der Waals surface area contributed by atoms with Gasteiger partial charge in [-0.05, 0) is 37.4 Å². The highest BCUT2D eigenvalue weighted by atomic mass is 35.5. The second kappa shape index (κ2) is 9.03. The van der Waals surface area contributed by atoms with Gasteiger partial charge in [-0.1, -0.05) is 18.6 Å². The molecule has 1 aromatic heterocycles. The van der Waals surface area contributed by atoms with E-state index in [-0.39, 0.29) is 30.2 Å². The first-order valence-corrected chi connectivity index (χ1v) is 9.36. The molecule has 2 atom stereocenters. The lowest BCUT2D eigenvalue weighted by molar-refractivity contribution is -0.137. The van der Waals surface area contributed by atoms with Gasteiger partial charge in [0.05, 0.1) is 17.8 Å². The van der Waals surface area contributed by atoms with Crippen LogP contribution < -0.4 is 11.1 Å². The van der Waals surface area contributed by atoms with Crippen molar-refractivity contribution in [2.24, 2.45) is 17.6 Å². The first-order valence-electron chi connectivity index (χ1n) is 8.48. The lowest BCUT2D eigenvalue weighted by Crippen LogP contribution is -2.34. The number of nitrogens with one attached hydrogen (secondary N) is 1. The molecule has 1 fully saturated rings. The summed E-state index contributed by atoms with van der Waals surface area (Å²) in [4.78, 5) is 16.7. The Morgan fingerprint density at radius 3 is 2.59 bits per heavy atom. The van der Waals surface area contributed by atoms with Gasteiger partial charge in [0.15, 0.2) is 0 Å². The van der Waals surface area contributed by atoms with E-state index in [1.165, 1.54) is 23.5 Å². The van der Waals surface area contributed by atoms with Crippen molar-refractivity contribution in [1.29, 1.82) is 0 Å². The van der Waals surface area contributed by atoms with Crippen LogP contribution in [0.1, 0.15) is 30.5 Å². The van der Waals surface area contributed by atoms with E-state index in [1.54, 1.807) is 0 Å². The number of amides is 1. The van der Waals surface area contributed by atoms with Crippen LogP contribution in [0.3, 0.4) is 0 Å². The van der Waals surface area contributed by atoms with E-state index in [4.69, 9.17) is 5.73 Å². The van der Waals surface area contributed by atoms with Gasteiger partial charge in [0.2, 0.25) is 5.91 Å². The van der Waals surface area contributed by atoms with Gasteiger partial charge in [0.25, 0.3) is 0 Å². The predicted octanol–water partition coefficient (Wildman–Crippen LogP) is 4.24. The smallest absolute Gasteiger partial charge is 0.350 e. The van der Waals surface area contributed by atoms with Crippen molar-refractivity contribution >= 4 is 29.7 Å². The van der Waals surface area contributed by atoms with Gasteiger partial charge in [-0.25, -0.2) is 4.98 Å². The van der Waals surface area contributed by atoms with E-state index < -0.39 is 11.7 Å². The van der Waals surface area contributed by atoms with Gasteiger partial charge in [-0.2, -0.15) is 13.2 Å². The van der Waals surface area contributed by atoms with E-state index in [9.17, 15) is 18.0 Å². The minimum absolute atomic E-state index is 0. The first kappa shape index (κ1) is 21.7. The van der Waals surface area contributed by atoms with E-state index in [0.29, 0.717) is 29.4 Å². The SMILES string of the molecule is Cl.NC[C@H]1CCC[C@H]1C(=O)NCc1csc(-c2ccc(C(F)(F)F)cc2)n1. The van der Waals surface area contributed by atoms with Gasteiger partial charge >= 0.3 is 6.18 Å². The van der Waals surface area contributed by atoms with Crippen LogP contribution in [0.15, 0.2) is 29.6 Å².